The molecule has 0 saturated carbocycles. The third-order valence-electron chi connectivity index (χ3n) is 3.17. The molecule has 0 aliphatic heterocycles. The van der Waals surface area contributed by atoms with Gasteiger partial charge in [-0.05, 0) is 6.42 Å². The van der Waals surface area contributed by atoms with Gasteiger partial charge in [0.05, 0.1) is 0 Å². The predicted octanol–water partition coefficient (Wildman–Crippen LogP) is -0.783. The van der Waals surface area contributed by atoms with Crippen molar-refractivity contribution in [1.29, 1.82) is 0 Å². The first-order valence-corrected chi connectivity index (χ1v) is 8.67. The van der Waals surface area contributed by atoms with E-state index >= 15 is 0 Å². The van der Waals surface area contributed by atoms with E-state index in [4.69, 9.17) is 0 Å². The van der Waals surface area contributed by atoms with E-state index in [0.29, 0.717) is 0 Å². The van der Waals surface area contributed by atoms with Crippen LogP contribution >= 0.6 is 0 Å². The zero-order valence-electron chi connectivity index (χ0n) is 13.9. The molecule has 0 amide bonds. The molecule has 1 aliphatic rings. The van der Waals surface area contributed by atoms with Crippen LogP contribution in [0.3, 0.4) is 0 Å². The fourth-order valence-electron chi connectivity index (χ4n) is 2.32. The molecule has 0 fully saturated rings. The van der Waals surface area contributed by atoms with Gasteiger partial charge in [-0.1, -0.05) is 35.4 Å². The van der Waals surface area contributed by atoms with Crippen molar-refractivity contribution in [3.63, 3.8) is 0 Å². The van der Waals surface area contributed by atoms with E-state index in [1.807, 2.05) is 36.4 Å². The van der Waals surface area contributed by atoms with Crippen molar-refractivity contribution in [3.05, 3.63) is 90.0 Å². The molecule has 0 bridgehead atoms. The third-order valence-corrected chi connectivity index (χ3v) is 3.17. The molecule has 124 valence electrons. The topological polar surface area (TPSA) is 0 Å². The van der Waals surface area contributed by atoms with Crippen molar-refractivity contribution in [1.82, 2.24) is 0 Å². The standard InChI is InChI=1S/C13H9.C5H5.C3H6.2BrH.Zr/c1-3-7-12-10(5-1)9-11-6-2-4-8-13(11)12;1-2-4-5-3-1;1-3-2;;;/h1-5,7-8H,9H2;1-5H;1-2H3;2*1H;/q2*-1;;;;+2/p-2. The van der Waals surface area contributed by atoms with Crippen molar-refractivity contribution in [2.24, 2.45) is 0 Å². The molecule has 0 unspecified atom stereocenters. The number of fused-ring (bicyclic) bond motifs is 3. The molecule has 3 aromatic rings. The number of rotatable bonds is 0. The van der Waals surface area contributed by atoms with Crippen LogP contribution in [0.25, 0.3) is 11.1 Å². The van der Waals surface area contributed by atoms with Gasteiger partial charge in [-0.25, -0.2) is 12.1 Å². The van der Waals surface area contributed by atoms with Crippen LogP contribution in [-0.4, -0.2) is 3.21 Å². The summed E-state index contributed by atoms with van der Waals surface area (Å²) in [7, 11) is 0. The minimum atomic E-state index is 0. The van der Waals surface area contributed by atoms with E-state index < -0.39 is 0 Å². The smallest absolute Gasteiger partial charge is 0.0253 e. The molecule has 0 spiro atoms. The quantitative estimate of drug-likeness (QED) is 0.266. The number of hydrogen-bond acceptors (Lipinski definition) is 0. The van der Waals surface area contributed by atoms with Crippen LogP contribution in [0.5, 0.6) is 0 Å². The second-order valence-electron chi connectivity index (χ2n) is 5.36. The Morgan fingerprint density at radius 2 is 1.50 bits per heavy atom. The third kappa shape index (κ3) is 7.59. The van der Waals surface area contributed by atoms with Gasteiger partial charge in [-0.2, -0.15) is 48.0 Å². The maximum absolute atomic E-state index is 3.30. The molecule has 0 radical (unpaired) electrons. The molecule has 0 saturated heterocycles. The van der Waals surface area contributed by atoms with Crippen LogP contribution in [0.15, 0.2) is 72.8 Å². The second kappa shape index (κ2) is 12.8. The molecule has 4 rings (SSSR count). The normalized spacial score (nSPS) is 9.50. The first-order chi connectivity index (χ1) is 10.7. The van der Waals surface area contributed by atoms with E-state index in [-0.39, 0.29) is 34.0 Å². The zero-order valence-corrected chi connectivity index (χ0v) is 19.5. The van der Waals surface area contributed by atoms with Crippen molar-refractivity contribution >= 4 is 3.21 Å². The Balaban J connectivity index is 0.000000409. The Morgan fingerprint density at radius 1 is 0.917 bits per heavy atom. The fourth-order valence-corrected chi connectivity index (χ4v) is 2.32. The number of benzene rings is 2. The van der Waals surface area contributed by atoms with Crippen molar-refractivity contribution in [2.75, 3.05) is 0 Å². The molecule has 0 nitrogen and oxygen atoms in total. The summed E-state index contributed by atoms with van der Waals surface area (Å²) < 4.78 is 1.51. The van der Waals surface area contributed by atoms with E-state index in [0.717, 1.165) is 6.42 Å². The van der Waals surface area contributed by atoms with Gasteiger partial charge >= 0.3 is 41.3 Å². The first-order valence-electron chi connectivity index (χ1n) is 7.45. The van der Waals surface area contributed by atoms with Gasteiger partial charge in [0.25, 0.3) is 0 Å². The summed E-state index contributed by atoms with van der Waals surface area (Å²) in [6, 6.07) is 28.1. The summed E-state index contributed by atoms with van der Waals surface area (Å²) in [5, 5.41) is 0. The molecule has 1 aliphatic carbocycles. The summed E-state index contributed by atoms with van der Waals surface area (Å²) in [5.74, 6) is 0. The molecule has 0 heterocycles. The molecule has 0 N–H and O–H groups in total. The SMILES string of the molecule is C[C](C)=[Zr+2].[Br-].[Br-].[c-]1cccc2c1Cc1ccccc1-2.c1cc[cH-]c1. The van der Waals surface area contributed by atoms with Crippen LogP contribution in [0.1, 0.15) is 25.0 Å². The van der Waals surface area contributed by atoms with Gasteiger partial charge in [0.1, 0.15) is 0 Å². The predicted molar refractivity (Wildman–Crippen MR) is 91.9 cm³/mol. The minimum Gasteiger partial charge on any atom is -1.00 e. The van der Waals surface area contributed by atoms with Crippen LogP contribution < -0.4 is 34.0 Å². The molecule has 3 heteroatoms. The van der Waals surface area contributed by atoms with Crippen molar-refractivity contribution in [3.8, 4) is 11.1 Å². The van der Waals surface area contributed by atoms with E-state index in [2.05, 4.69) is 56.3 Å². The summed E-state index contributed by atoms with van der Waals surface area (Å²) in [6.45, 7) is 4.25. The van der Waals surface area contributed by atoms with Crippen LogP contribution in [-0.2, 0) is 30.7 Å². The van der Waals surface area contributed by atoms with Gasteiger partial charge in [0.2, 0.25) is 0 Å². The Hall–Kier alpha value is -0.497. The van der Waals surface area contributed by atoms with E-state index in [1.54, 1.807) is 24.2 Å². The number of hydrogen-bond donors (Lipinski definition) is 0. The van der Waals surface area contributed by atoms with Gasteiger partial charge < -0.3 is 34.0 Å². The molecule has 3 aromatic carbocycles. The molecule has 0 aromatic heterocycles. The molecule has 24 heavy (non-hydrogen) atoms. The van der Waals surface area contributed by atoms with Crippen LogP contribution in [0, 0.1) is 6.07 Å². The summed E-state index contributed by atoms with van der Waals surface area (Å²) >= 11 is 1.55. The van der Waals surface area contributed by atoms with E-state index in [1.165, 1.54) is 25.5 Å². The van der Waals surface area contributed by atoms with Crippen molar-refractivity contribution in [2.45, 2.75) is 20.3 Å². The summed E-state index contributed by atoms with van der Waals surface area (Å²) in [4.78, 5) is 0. The summed E-state index contributed by atoms with van der Waals surface area (Å²) in [6.07, 6.45) is 1.05. The maximum atomic E-state index is 3.30. The molecular formula is C21H20Br2Zr-2. The van der Waals surface area contributed by atoms with Crippen molar-refractivity contribution < 1.29 is 58.2 Å². The fraction of sp³-hybridized carbons (Fsp3) is 0.143. The van der Waals surface area contributed by atoms with Crippen LogP contribution in [0.2, 0.25) is 0 Å². The van der Waals surface area contributed by atoms with Gasteiger partial charge in [-0.3, -0.25) is 0 Å². The average Bonchev–Trinajstić information content (AvgIpc) is 3.18. The Labute approximate surface area is 181 Å². The Kier molecular flexibility index (Phi) is 12.5. The largest absolute Gasteiger partial charge is 1.00 e. The molecule has 0 atom stereocenters. The monoisotopic (exact) mass is 520 g/mol. The minimum absolute atomic E-state index is 0. The van der Waals surface area contributed by atoms with Gasteiger partial charge in [0.15, 0.2) is 0 Å². The Bertz CT molecular complexity index is 653. The van der Waals surface area contributed by atoms with E-state index in [9.17, 15) is 0 Å². The van der Waals surface area contributed by atoms with Gasteiger partial charge in [-0.15, -0.1) is 5.56 Å². The zero-order chi connectivity index (χ0) is 15.8. The Morgan fingerprint density at radius 3 is 2.08 bits per heavy atom. The first kappa shape index (κ1) is 23.5. The molecular weight excluding hydrogens is 503 g/mol. The van der Waals surface area contributed by atoms with Crippen LogP contribution in [0.4, 0.5) is 0 Å². The number of halogens is 2. The maximum Gasteiger partial charge on any atom is -0.0253 e. The van der Waals surface area contributed by atoms with Gasteiger partial charge in [0, 0.05) is 0 Å². The second-order valence-corrected chi connectivity index (χ2v) is 7.82. The summed E-state index contributed by atoms with van der Waals surface area (Å²) in [5.41, 5.74) is 5.51. The average molecular weight is 523 g/mol.